The molecule has 2 atom stereocenters. The SMILES string of the molecule is CC(C)C(C)Sc1c(F)cccc1[C@@H](C)O. The Morgan fingerprint density at radius 3 is 2.31 bits per heavy atom. The lowest BCUT2D eigenvalue weighted by molar-refractivity contribution is 0.195. The number of thioether (sulfide) groups is 1. The highest BCUT2D eigenvalue weighted by Gasteiger charge is 2.17. The Labute approximate surface area is 101 Å². The third-order valence-electron chi connectivity index (χ3n) is 2.69. The van der Waals surface area contributed by atoms with E-state index in [1.54, 1.807) is 19.1 Å². The van der Waals surface area contributed by atoms with Gasteiger partial charge in [-0.25, -0.2) is 4.39 Å². The standard InChI is InChI=1S/C13H19FOS/c1-8(2)10(4)16-13-11(9(3)15)6-5-7-12(13)14/h5-10,15H,1-4H3/t9-,10?/m1/s1. The average Bonchev–Trinajstić information content (AvgIpc) is 2.20. The molecule has 16 heavy (non-hydrogen) atoms. The van der Waals surface area contributed by atoms with Gasteiger partial charge in [0.15, 0.2) is 0 Å². The first-order chi connectivity index (χ1) is 7.43. The van der Waals surface area contributed by atoms with E-state index in [9.17, 15) is 9.50 Å². The number of hydrogen-bond acceptors (Lipinski definition) is 2. The monoisotopic (exact) mass is 242 g/mol. The van der Waals surface area contributed by atoms with Crippen molar-refractivity contribution in [2.24, 2.45) is 5.92 Å². The lowest BCUT2D eigenvalue weighted by Gasteiger charge is -2.19. The van der Waals surface area contributed by atoms with Gasteiger partial charge in [0, 0.05) is 10.1 Å². The predicted molar refractivity (Wildman–Crippen MR) is 67.2 cm³/mol. The van der Waals surface area contributed by atoms with E-state index in [2.05, 4.69) is 20.8 Å². The Morgan fingerprint density at radius 1 is 1.19 bits per heavy atom. The van der Waals surface area contributed by atoms with E-state index < -0.39 is 6.10 Å². The van der Waals surface area contributed by atoms with Crippen molar-refractivity contribution in [3.8, 4) is 0 Å². The summed E-state index contributed by atoms with van der Waals surface area (Å²) in [5.74, 6) is 0.238. The minimum absolute atomic E-state index is 0.240. The zero-order valence-electron chi connectivity index (χ0n) is 10.2. The van der Waals surface area contributed by atoms with Crippen LogP contribution in [0.3, 0.4) is 0 Å². The maximum Gasteiger partial charge on any atom is 0.137 e. The second kappa shape index (κ2) is 5.69. The molecule has 1 nitrogen and oxygen atoms in total. The molecule has 0 aliphatic rings. The van der Waals surface area contributed by atoms with Gasteiger partial charge in [0.2, 0.25) is 0 Å². The summed E-state index contributed by atoms with van der Waals surface area (Å²) in [5, 5.41) is 9.93. The summed E-state index contributed by atoms with van der Waals surface area (Å²) in [4.78, 5) is 0.582. The summed E-state index contributed by atoms with van der Waals surface area (Å²) < 4.78 is 13.7. The molecule has 0 fully saturated rings. The number of aliphatic hydroxyl groups excluding tert-OH is 1. The first kappa shape index (κ1) is 13.5. The first-order valence-electron chi connectivity index (χ1n) is 5.56. The molecule has 0 aliphatic heterocycles. The molecule has 0 spiro atoms. The van der Waals surface area contributed by atoms with Gasteiger partial charge >= 0.3 is 0 Å². The van der Waals surface area contributed by atoms with Gasteiger partial charge in [-0.15, -0.1) is 11.8 Å². The molecular weight excluding hydrogens is 223 g/mol. The molecule has 1 unspecified atom stereocenters. The van der Waals surface area contributed by atoms with Crippen molar-refractivity contribution in [3.63, 3.8) is 0 Å². The fourth-order valence-electron chi connectivity index (χ4n) is 1.30. The van der Waals surface area contributed by atoms with Crippen LogP contribution in [0.25, 0.3) is 0 Å². The van der Waals surface area contributed by atoms with Crippen LogP contribution in [0.4, 0.5) is 4.39 Å². The summed E-state index contributed by atoms with van der Waals surface area (Å²) in [6.45, 7) is 7.97. The Kier molecular flexibility index (Phi) is 4.81. The van der Waals surface area contributed by atoms with E-state index in [4.69, 9.17) is 0 Å². The van der Waals surface area contributed by atoms with E-state index in [1.807, 2.05) is 0 Å². The van der Waals surface area contributed by atoms with Crippen LogP contribution in [0.1, 0.15) is 39.4 Å². The highest BCUT2D eigenvalue weighted by Crippen LogP contribution is 2.35. The fraction of sp³-hybridized carbons (Fsp3) is 0.538. The maximum absolute atomic E-state index is 13.7. The average molecular weight is 242 g/mol. The largest absolute Gasteiger partial charge is 0.389 e. The summed E-state index contributed by atoms with van der Waals surface area (Å²) >= 11 is 1.50. The predicted octanol–water partition coefficient (Wildman–Crippen LogP) is 4.02. The summed E-state index contributed by atoms with van der Waals surface area (Å²) in [6.07, 6.45) is -0.627. The van der Waals surface area contributed by atoms with Gasteiger partial charge in [0.1, 0.15) is 5.82 Å². The molecule has 0 amide bonds. The van der Waals surface area contributed by atoms with E-state index in [0.29, 0.717) is 21.6 Å². The second-order valence-electron chi connectivity index (χ2n) is 4.40. The Morgan fingerprint density at radius 2 is 1.81 bits per heavy atom. The number of halogens is 1. The molecular formula is C13H19FOS. The van der Waals surface area contributed by atoms with Gasteiger partial charge in [-0.3, -0.25) is 0 Å². The number of benzene rings is 1. The summed E-state index contributed by atoms with van der Waals surface area (Å²) in [6, 6.07) is 4.87. The van der Waals surface area contributed by atoms with Crippen LogP contribution in [0.2, 0.25) is 0 Å². The van der Waals surface area contributed by atoms with Crippen molar-refractivity contribution in [3.05, 3.63) is 29.6 Å². The maximum atomic E-state index is 13.7. The van der Waals surface area contributed by atoms with E-state index in [1.165, 1.54) is 17.8 Å². The zero-order chi connectivity index (χ0) is 12.3. The Balaban J connectivity index is 3.01. The van der Waals surface area contributed by atoms with Gasteiger partial charge in [-0.2, -0.15) is 0 Å². The highest BCUT2D eigenvalue weighted by atomic mass is 32.2. The zero-order valence-corrected chi connectivity index (χ0v) is 11.0. The molecule has 1 aromatic rings. The minimum Gasteiger partial charge on any atom is -0.389 e. The Bertz CT molecular complexity index is 350. The van der Waals surface area contributed by atoms with Crippen molar-refractivity contribution >= 4 is 11.8 Å². The van der Waals surface area contributed by atoms with Crippen molar-refractivity contribution in [1.29, 1.82) is 0 Å². The van der Waals surface area contributed by atoms with E-state index in [-0.39, 0.29) is 5.82 Å². The van der Waals surface area contributed by atoms with Crippen LogP contribution < -0.4 is 0 Å². The lowest BCUT2D eigenvalue weighted by atomic mass is 10.1. The summed E-state index contributed by atoms with van der Waals surface area (Å²) in [7, 11) is 0. The van der Waals surface area contributed by atoms with Crippen LogP contribution >= 0.6 is 11.8 Å². The molecule has 0 aliphatic carbocycles. The molecule has 90 valence electrons. The molecule has 0 saturated heterocycles. The quantitative estimate of drug-likeness (QED) is 0.805. The minimum atomic E-state index is -0.627. The van der Waals surface area contributed by atoms with Gasteiger partial charge < -0.3 is 5.11 Å². The van der Waals surface area contributed by atoms with Crippen LogP contribution in [-0.4, -0.2) is 10.4 Å². The van der Waals surface area contributed by atoms with Crippen molar-refractivity contribution < 1.29 is 9.50 Å². The molecule has 1 aromatic carbocycles. The molecule has 0 bridgehead atoms. The smallest absolute Gasteiger partial charge is 0.137 e. The molecule has 0 aromatic heterocycles. The molecule has 1 N–H and O–H groups in total. The van der Waals surface area contributed by atoms with E-state index >= 15 is 0 Å². The van der Waals surface area contributed by atoms with Gasteiger partial charge in [-0.05, 0) is 24.5 Å². The third-order valence-corrected chi connectivity index (χ3v) is 4.27. The summed E-state index contributed by atoms with van der Waals surface area (Å²) in [5.41, 5.74) is 0.678. The number of rotatable bonds is 4. The van der Waals surface area contributed by atoms with Crippen LogP contribution in [0, 0.1) is 11.7 Å². The van der Waals surface area contributed by atoms with Crippen molar-refractivity contribution in [1.82, 2.24) is 0 Å². The fourth-order valence-corrected chi connectivity index (χ4v) is 2.50. The van der Waals surface area contributed by atoms with Crippen molar-refractivity contribution in [2.75, 3.05) is 0 Å². The highest BCUT2D eigenvalue weighted by molar-refractivity contribution is 8.00. The first-order valence-corrected chi connectivity index (χ1v) is 6.44. The van der Waals surface area contributed by atoms with Crippen LogP contribution in [0.15, 0.2) is 23.1 Å². The van der Waals surface area contributed by atoms with Crippen LogP contribution in [0.5, 0.6) is 0 Å². The lowest BCUT2D eigenvalue weighted by Crippen LogP contribution is -2.07. The molecule has 0 radical (unpaired) electrons. The second-order valence-corrected chi connectivity index (χ2v) is 5.79. The van der Waals surface area contributed by atoms with Gasteiger partial charge in [-0.1, -0.05) is 32.9 Å². The Hall–Kier alpha value is -0.540. The molecule has 3 heteroatoms. The van der Waals surface area contributed by atoms with E-state index in [0.717, 1.165) is 0 Å². The normalized spacial score (nSPS) is 15.2. The van der Waals surface area contributed by atoms with Gasteiger partial charge in [0.25, 0.3) is 0 Å². The van der Waals surface area contributed by atoms with Crippen molar-refractivity contribution in [2.45, 2.75) is 43.9 Å². The van der Waals surface area contributed by atoms with Crippen LogP contribution in [-0.2, 0) is 0 Å². The topological polar surface area (TPSA) is 20.2 Å². The molecule has 0 heterocycles. The molecule has 1 rings (SSSR count). The third kappa shape index (κ3) is 3.22. The molecule has 0 saturated carbocycles. The number of aliphatic hydroxyl groups is 1. The van der Waals surface area contributed by atoms with Gasteiger partial charge in [0.05, 0.1) is 6.10 Å². The number of hydrogen-bond donors (Lipinski definition) is 1.